The average Bonchev–Trinajstić information content (AvgIpc) is 2.39. The molecule has 0 unspecified atom stereocenters. The van der Waals surface area contributed by atoms with Crippen molar-refractivity contribution in [2.45, 2.75) is 20.0 Å². The standard InChI is InChI=1S/C15H16ClNO/c1-2-12-9-14(7-8-15(12)16)18-10-11-3-5-13(17)6-4-11/h3-9H,2,10,17H2,1H3. The van der Waals surface area contributed by atoms with Gasteiger partial charge in [-0.1, -0.05) is 30.7 Å². The summed E-state index contributed by atoms with van der Waals surface area (Å²) in [6, 6.07) is 13.4. The number of rotatable bonds is 4. The molecule has 0 saturated carbocycles. The van der Waals surface area contributed by atoms with Crippen molar-refractivity contribution < 1.29 is 4.74 Å². The van der Waals surface area contributed by atoms with Gasteiger partial charge in [0, 0.05) is 10.7 Å². The van der Waals surface area contributed by atoms with E-state index in [1.165, 1.54) is 0 Å². The Kier molecular flexibility index (Phi) is 4.11. The predicted octanol–water partition coefficient (Wildman–Crippen LogP) is 4.06. The van der Waals surface area contributed by atoms with Gasteiger partial charge >= 0.3 is 0 Å². The molecule has 0 amide bonds. The van der Waals surface area contributed by atoms with Crippen LogP contribution in [-0.2, 0) is 13.0 Å². The molecular weight excluding hydrogens is 246 g/mol. The molecule has 0 spiro atoms. The van der Waals surface area contributed by atoms with Crippen molar-refractivity contribution >= 4 is 17.3 Å². The monoisotopic (exact) mass is 261 g/mol. The van der Waals surface area contributed by atoms with Crippen molar-refractivity contribution in [3.8, 4) is 5.75 Å². The fraction of sp³-hybridized carbons (Fsp3) is 0.200. The highest BCUT2D eigenvalue weighted by Gasteiger charge is 2.01. The van der Waals surface area contributed by atoms with Gasteiger partial charge in [-0.25, -0.2) is 0 Å². The Morgan fingerprint density at radius 3 is 2.50 bits per heavy atom. The Hall–Kier alpha value is -1.67. The molecule has 0 aliphatic rings. The molecule has 0 bridgehead atoms. The third-order valence-electron chi connectivity index (χ3n) is 2.78. The van der Waals surface area contributed by atoms with Crippen molar-refractivity contribution in [2.24, 2.45) is 0 Å². The minimum absolute atomic E-state index is 0.533. The van der Waals surface area contributed by atoms with Crippen LogP contribution in [0.5, 0.6) is 5.75 Å². The maximum Gasteiger partial charge on any atom is 0.120 e. The van der Waals surface area contributed by atoms with Crippen LogP contribution in [0.2, 0.25) is 5.02 Å². The number of ether oxygens (including phenoxy) is 1. The van der Waals surface area contributed by atoms with E-state index in [2.05, 4.69) is 6.92 Å². The molecule has 2 aromatic rings. The van der Waals surface area contributed by atoms with E-state index in [1.807, 2.05) is 42.5 Å². The van der Waals surface area contributed by atoms with Gasteiger partial charge < -0.3 is 10.5 Å². The fourth-order valence-corrected chi connectivity index (χ4v) is 1.94. The molecule has 0 aromatic heterocycles. The molecule has 2 N–H and O–H groups in total. The minimum atomic E-state index is 0.533. The largest absolute Gasteiger partial charge is 0.489 e. The number of benzene rings is 2. The molecule has 0 radical (unpaired) electrons. The zero-order valence-electron chi connectivity index (χ0n) is 10.3. The van der Waals surface area contributed by atoms with Crippen LogP contribution < -0.4 is 10.5 Å². The first-order valence-corrected chi connectivity index (χ1v) is 6.32. The minimum Gasteiger partial charge on any atom is -0.489 e. The molecule has 0 heterocycles. The summed E-state index contributed by atoms with van der Waals surface area (Å²) in [5.41, 5.74) is 8.59. The molecule has 2 rings (SSSR count). The Bertz CT molecular complexity index is 523. The van der Waals surface area contributed by atoms with E-state index >= 15 is 0 Å². The Morgan fingerprint density at radius 2 is 1.83 bits per heavy atom. The van der Waals surface area contributed by atoms with Crippen molar-refractivity contribution in [2.75, 3.05) is 5.73 Å². The van der Waals surface area contributed by atoms with Crippen LogP contribution in [0.4, 0.5) is 5.69 Å². The lowest BCUT2D eigenvalue weighted by Crippen LogP contribution is -1.96. The summed E-state index contributed by atoms with van der Waals surface area (Å²) < 4.78 is 5.73. The van der Waals surface area contributed by atoms with E-state index in [4.69, 9.17) is 22.1 Å². The number of hydrogen-bond acceptors (Lipinski definition) is 2. The van der Waals surface area contributed by atoms with E-state index in [1.54, 1.807) is 0 Å². The smallest absolute Gasteiger partial charge is 0.120 e. The third kappa shape index (κ3) is 3.17. The van der Waals surface area contributed by atoms with Gasteiger partial charge in [0.1, 0.15) is 12.4 Å². The van der Waals surface area contributed by atoms with Gasteiger partial charge in [-0.2, -0.15) is 0 Å². The normalized spacial score (nSPS) is 10.3. The van der Waals surface area contributed by atoms with E-state index < -0.39 is 0 Å². The molecule has 94 valence electrons. The summed E-state index contributed by atoms with van der Waals surface area (Å²) in [5, 5.41) is 0.789. The topological polar surface area (TPSA) is 35.2 Å². The summed E-state index contributed by atoms with van der Waals surface area (Å²) in [6.07, 6.45) is 0.901. The maximum absolute atomic E-state index is 6.06. The molecule has 0 atom stereocenters. The summed E-state index contributed by atoms with van der Waals surface area (Å²) in [5.74, 6) is 0.841. The number of hydrogen-bond donors (Lipinski definition) is 1. The average molecular weight is 262 g/mol. The number of aryl methyl sites for hydroxylation is 1. The van der Waals surface area contributed by atoms with Crippen molar-refractivity contribution in [3.05, 3.63) is 58.6 Å². The highest BCUT2D eigenvalue weighted by Crippen LogP contribution is 2.23. The van der Waals surface area contributed by atoms with Gasteiger partial charge in [0.15, 0.2) is 0 Å². The second-order valence-corrected chi connectivity index (χ2v) is 4.54. The van der Waals surface area contributed by atoms with Crippen LogP contribution in [0.3, 0.4) is 0 Å². The first-order valence-electron chi connectivity index (χ1n) is 5.94. The van der Waals surface area contributed by atoms with Crippen LogP contribution in [-0.4, -0.2) is 0 Å². The zero-order chi connectivity index (χ0) is 13.0. The predicted molar refractivity (Wildman–Crippen MR) is 76.0 cm³/mol. The van der Waals surface area contributed by atoms with Gasteiger partial charge in [-0.05, 0) is 47.9 Å². The fourth-order valence-electron chi connectivity index (χ4n) is 1.69. The van der Waals surface area contributed by atoms with E-state index in [0.29, 0.717) is 6.61 Å². The van der Waals surface area contributed by atoms with E-state index in [9.17, 15) is 0 Å². The molecule has 0 aliphatic carbocycles. The zero-order valence-corrected chi connectivity index (χ0v) is 11.1. The first kappa shape index (κ1) is 12.8. The van der Waals surface area contributed by atoms with Crippen molar-refractivity contribution in [3.63, 3.8) is 0 Å². The Morgan fingerprint density at radius 1 is 1.11 bits per heavy atom. The summed E-state index contributed by atoms with van der Waals surface area (Å²) in [7, 11) is 0. The lowest BCUT2D eigenvalue weighted by Gasteiger charge is -2.09. The van der Waals surface area contributed by atoms with E-state index in [0.717, 1.165) is 34.0 Å². The summed E-state index contributed by atoms with van der Waals surface area (Å²) in [4.78, 5) is 0. The van der Waals surface area contributed by atoms with Crippen molar-refractivity contribution in [1.29, 1.82) is 0 Å². The lowest BCUT2D eigenvalue weighted by atomic mass is 10.1. The van der Waals surface area contributed by atoms with Gasteiger partial charge in [-0.15, -0.1) is 0 Å². The van der Waals surface area contributed by atoms with Crippen LogP contribution in [0.15, 0.2) is 42.5 Å². The van der Waals surface area contributed by atoms with Crippen molar-refractivity contribution in [1.82, 2.24) is 0 Å². The Balaban J connectivity index is 2.04. The molecule has 2 aromatic carbocycles. The Labute approximate surface area is 112 Å². The van der Waals surface area contributed by atoms with Gasteiger partial charge in [0.2, 0.25) is 0 Å². The number of anilines is 1. The maximum atomic E-state index is 6.06. The molecule has 0 fully saturated rings. The summed E-state index contributed by atoms with van der Waals surface area (Å²) in [6.45, 7) is 2.61. The quantitative estimate of drug-likeness (QED) is 0.843. The van der Waals surface area contributed by atoms with Crippen LogP contribution in [0.25, 0.3) is 0 Å². The number of nitrogens with two attached hydrogens (primary N) is 1. The molecule has 0 aliphatic heterocycles. The molecular formula is C15H16ClNO. The second kappa shape index (κ2) is 5.78. The molecule has 0 saturated heterocycles. The highest BCUT2D eigenvalue weighted by atomic mass is 35.5. The van der Waals surface area contributed by atoms with Gasteiger partial charge in [0.05, 0.1) is 0 Å². The van der Waals surface area contributed by atoms with Crippen LogP contribution in [0.1, 0.15) is 18.1 Å². The second-order valence-electron chi connectivity index (χ2n) is 4.14. The van der Waals surface area contributed by atoms with Crippen LogP contribution in [0, 0.1) is 0 Å². The third-order valence-corrected chi connectivity index (χ3v) is 3.15. The van der Waals surface area contributed by atoms with Crippen LogP contribution >= 0.6 is 11.6 Å². The molecule has 18 heavy (non-hydrogen) atoms. The molecule has 2 nitrogen and oxygen atoms in total. The molecule has 3 heteroatoms. The van der Waals surface area contributed by atoms with Gasteiger partial charge in [-0.3, -0.25) is 0 Å². The first-order chi connectivity index (χ1) is 8.69. The van der Waals surface area contributed by atoms with E-state index in [-0.39, 0.29) is 0 Å². The summed E-state index contributed by atoms with van der Waals surface area (Å²) >= 11 is 6.06. The highest BCUT2D eigenvalue weighted by molar-refractivity contribution is 6.31. The number of nitrogen functional groups attached to an aromatic ring is 1. The number of halogens is 1. The lowest BCUT2D eigenvalue weighted by molar-refractivity contribution is 0.306. The SMILES string of the molecule is CCc1cc(OCc2ccc(N)cc2)ccc1Cl. The van der Waals surface area contributed by atoms with Gasteiger partial charge in [0.25, 0.3) is 0 Å².